The maximum Gasteiger partial charge on any atom is 0.313 e. The highest BCUT2D eigenvalue weighted by atomic mass is 16.5. The average molecular weight is 340 g/mol. The van der Waals surface area contributed by atoms with Gasteiger partial charge in [0.1, 0.15) is 11.5 Å². The first kappa shape index (κ1) is 17.0. The standard InChI is InChI=1S/C19H20N2O4/c22-18(20-13-17-7-4-12-24-17)19(23)21-14-8-10-16(11-9-14)25-15-5-2-1-3-6-15/h1-3,5-6,8-11,17H,4,7,12-13H2,(H,20,22)(H,21,23). The molecule has 6 nitrogen and oxygen atoms in total. The van der Waals surface area contributed by atoms with Crippen molar-refractivity contribution in [2.24, 2.45) is 0 Å². The van der Waals surface area contributed by atoms with Crippen LogP contribution in [0.4, 0.5) is 5.69 Å². The smallest absolute Gasteiger partial charge is 0.313 e. The van der Waals surface area contributed by atoms with Gasteiger partial charge in [0, 0.05) is 18.8 Å². The summed E-state index contributed by atoms with van der Waals surface area (Å²) in [6.45, 7) is 1.07. The molecule has 1 heterocycles. The molecule has 0 aliphatic carbocycles. The number of carbonyl (C=O) groups is 2. The van der Waals surface area contributed by atoms with Gasteiger partial charge in [-0.2, -0.15) is 0 Å². The number of hydrogen-bond donors (Lipinski definition) is 2. The summed E-state index contributed by atoms with van der Waals surface area (Å²) in [4.78, 5) is 23.7. The van der Waals surface area contributed by atoms with Gasteiger partial charge in [-0.15, -0.1) is 0 Å². The molecule has 2 amide bonds. The molecule has 130 valence electrons. The molecule has 1 unspecified atom stereocenters. The quantitative estimate of drug-likeness (QED) is 0.821. The number of rotatable bonds is 5. The number of ether oxygens (including phenoxy) is 2. The summed E-state index contributed by atoms with van der Waals surface area (Å²) >= 11 is 0. The summed E-state index contributed by atoms with van der Waals surface area (Å²) < 4.78 is 11.1. The lowest BCUT2D eigenvalue weighted by Crippen LogP contribution is -2.39. The van der Waals surface area contributed by atoms with Crippen LogP contribution in [0.2, 0.25) is 0 Å². The van der Waals surface area contributed by atoms with Crippen molar-refractivity contribution < 1.29 is 19.1 Å². The van der Waals surface area contributed by atoms with Crippen LogP contribution in [0.1, 0.15) is 12.8 Å². The Kier molecular flexibility index (Phi) is 5.64. The number of para-hydroxylation sites is 1. The second-order valence-corrected chi connectivity index (χ2v) is 5.74. The molecule has 2 aromatic carbocycles. The van der Waals surface area contributed by atoms with Crippen LogP contribution in [-0.2, 0) is 14.3 Å². The molecule has 1 atom stereocenters. The monoisotopic (exact) mass is 340 g/mol. The van der Waals surface area contributed by atoms with Crippen molar-refractivity contribution in [1.82, 2.24) is 5.32 Å². The van der Waals surface area contributed by atoms with Crippen LogP contribution in [0.15, 0.2) is 54.6 Å². The molecular formula is C19H20N2O4. The molecule has 0 aromatic heterocycles. The number of anilines is 1. The topological polar surface area (TPSA) is 76.7 Å². The van der Waals surface area contributed by atoms with Crippen molar-refractivity contribution in [2.45, 2.75) is 18.9 Å². The lowest BCUT2D eigenvalue weighted by molar-refractivity contribution is -0.136. The van der Waals surface area contributed by atoms with Gasteiger partial charge in [-0.1, -0.05) is 18.2 Å². The first-order valence-electron chi connectivity index (χ1n) is 8.24. The summed E-state index contributed by atoms with van der Waals surface area (Å²) in [6.07, 6.45) is 1.90. The Morgan fingerprint density at radius 1 is 1.00 bits per heavy atom. The van der Waals surface area contributed by atoms with E-state index in [1.165, 1.54) is 0 Å². The summed E-state index contributed by atoms with van der Waals surface area (Å²) in [5, 5.41) is 5.15. The molecule has 3 rings (SSSR count). The Balaban J connectivity index is 1.48. The zero-order valence-electron chi connectivity index (χ0n) is 13.7. The zero-order valence-corrected chi connectivity index (χ0v) is 13.7. The van der Waals surface area contributed by atoms with E-state index in [1.807, 2.05) is 30.3 Å². The molecular weight excluding hydrogens is 320 g/mol. The lowest BCUT2D eigenvalue weighted by Gasteiger charge is -2.11. The van der Waals surface area contributed by atoms with Gasteiger partial charge in [0.05, 0.1) is 6.10 Å². The van der Waals surface area contributed by atoms with Crippen LogP contribution in [0.5, 0.6) is 11.5 Å². The van der Waals surface area contributed by atoms with E-state index in [-0.39, 0.29) is 6.10 Å². The minimum absolute atomic E-state index is 0.00571. The fraction of sp³-hybridized carbons (Fsp3) is 0.263. The van der Waals surface area contributed by atoms with Crippen LogP contribution in [0.25, 0.3) is 0 Å². The minimum atomic E-state index is -0.699. The van der Waals surface area contributed by atoms with E-state index in [4.69, 9.17) is 9.47 Å². The first-order valence-corrected chi connectivity index (χ1v) is 8.24. The van der Waals surface area contributed by atoms with E-state index in [0.29, 0.717) is 24.6 Å². The number of benzene rings is 2. The van der Waals surface area contributed by atoms with E-state index >= 15 is 0 Å². The number of hydrogen-bond acceptors (Lipinski definition) is 4. The Morgan fingerprint density at radius 3 is 2.40 bits per heavy atom. The summed E-state index contributed by atoms with van der Waals surface area (Å²) in [6, 6.07) is 16.2. The maximum atomic E-state index is 11.9. The van der Waals surface area contributed by atoms with Crippen LogP contribution >= 0.6 is 0 Å². The minimum Gasteiger partial charge on any atom is -0.457 e. The molecule has 1 aliphatic rings. The predicted molar refractivity (Wildman–Crippen MR) is 93.6 cm³/mol. The summed E-state index contributed by atoms with van der Waals surface area (Å²) in [7, 11) is 0. The second-order valence-electron chi connectivity index (χ2n) is 5.74. The molecule has 6 heteroatoms. The van der Waals surface area contributed by atoms with Crippen molar-refractivity contribution in [3.05, 3.63) is 54.6 Å². The van der Waals surface area contributed by atoms with Crippen molar-refractivity contribution in [3.63, 3.8) is 0 Å². The van der Waals surface area contributed by atoms with Crippen molar-refractivity contribution in [1.29, 1.82) is 0 Å². The molecule has 0 spiro atoms. The van der Waals surface area contributed by atoms with Gasteiger partial charge in [-0.05, 0) is 49.2 Å². The van der Waals surface area contributed by atoms with Crippen LogP contribution < -0.4 is 15.4 Å². The van der Waals surface area contributed by atoms with Gasteiger partial charge in [0.25, 0.3) is 0 Å². The van der Waals surface area contributed by atoms with E-state index in [9.17, 15) is 9.59 Å². The third-order valence-electron chi connectivity index (χ3n) is 3.81. The fourth-order valence-corrected chi connectivity index (χ4v) is 2.51. The SMILES string of the molecule is O=C(NCC1CCCO1)C(=O)Nc1ccc(Oc2ccccc2)cc1. The molecule has 0 saturated carbocycles. The van der Waals surface area contributed by atoms with Crippen molar-refractivity contribution in [3.8, 4) is 11.5 Å². The van der Waals surface area contributed by atoms with E-state index in [0.717, 1.165) is 18.6 Å². The maximum absolute atomic E-state index is 11.9. The van der Waals surface area contributed by atoms with Gasteiger partial charge in [0.2, 0.25) is 0 Å². The largest absolute Gasteiger partial charge is 0.457 e. The molecule has 0 radical (unpaired) electrons. The van der Waals surface area contributed by atoms with E-state index in [2.05, 4.69) is 10.6 Å². The second kappa shape index (κ2) is 8.30. The van der Waals surface area contributed by atoms with E-state index < -0.39 is 11.8 Å². The zero-order chi connectivity index (χ0) is 17.5. The highest BCUT2D eigenvalue weighted by molar-refractivity contribution is 6.39. The Hall–Kier alpha value is -2.86. The lowest BCUT2D eigenvalue weighted by atomic mass is 10.2. The van der Waals surface area contributed by atoms with Gasteiger partial charge in [0.15, 0.2) is 0 Å². The van der Waals surface area contributed by atoms with Gasteiger partial charge in [-0.3, -0.25) is 9.59 Å². The first-order chi connectivity index (χ1) is 12.2. The van der Waals surface area contributed by atoms with Crippen molar-refractivity contribution >= 4 is 17.5 Å². The van der Waals surface area contributed by atoms with Crippen LogP contribution in [0.3, 0.4) is 0 Å². The predicted octanol–water partition coefficient (Wildman–Crippen LogP) is 2.71. The Labute approximate surface area is 146 Å². The number of nitrogens with one attached hydrogen (secondary N) is 2. The molecule has 2 N–H and O–H groups in total. The average Bonchev–Trinajstić information content (AvgIpc) is 3.16. The van der Waals surface area contributed by atoms with E-state index in [1.54, 1.807) is 24.3 Å². The third kappa shape index (κ3) is 5.06. The number of amides is 2. The van der Waals surface area contributed by atoms with Gasteiger partial charge >= 0.3 is 11.8 Å². The molecule has 25 heavy (non-hydrogen) atoms. The van der Waals surface area contributed by atoms with Gasteiger partial charge in [-0.25, -0.2) is 0 Å². The van der Waals surface area contributed by atoms with Crippen LogP contribution in [-0.4, -0.2) is 31.1 Å². The molecule has 2 aromatic rings. The fourth-order valence-electron chi connectivity index (χ4n) is 2.51. The molecule has 0 bridgehead atoms. The normalized spacial score (nSPS) is 16.2. The third-order valence-corrected chi connectivity index (χ3v) is 3.81. The highest BCUT2D eigenvalue weighted by Gasteiger charge is 2.19. The van der Waals surface area contributed by atoms with Crippen molar-refractivity contribution in [2.75, 3.05) is 18.5 Å². The highest BCUT2D eigenvalue weighted by Crippen LogP contribution is 2.22. The summed E-state index contributed by atoms with van der Waals surface area (Å²) in [5.41, 5.74) is 0.526. The Morgan fingerprint density at radius 2 is 1.72 bits per heavy atom. The Bertz CT molecular complexity index is 710. The number of carbonyl (C=O) groups excluding carboxylic acids is 2. The molecule has 1 aliphatic heterocycles. The molecule has 1 fully saturated rings. The summed E-state index contributed by atoms with van der Waals surface area (Å²) in [5.74, 6) is 0.00895. The van der Waals surface area contributed by atoms with Gasteiger partial charge < -0.3 is 20.1 Å². The molecule has 1 saturated heterocycles. The van der Waals surface area contributed by atoms with Crippen LogP contribution in [0, 0.1) is 0 Å².